The SMILES string of the molecule is O=S(=O)(F)NCc1ccccc1.O=S(=O)(c1ccccc1)C(F)(F)CF. The summed E-state index contributed by atoms with van der Waals surface area (Å²) < 4.78 is 93.1. The second-order valence-electron chi connectivity index (χ2n) is 4.83. The van der Waals surface area contributed by atoms with Crippen LogP contribution < -0.4 is 4.72 Å². The predicted molar refractivity (Wildman–Crippen MR) is 87.9 cm³/mol. The lowest BCUT2D eigenvalue weighted by atomic mass is 10.2. The molecular weight excluding hydrogens is 398 g/mol. The average molecular weight is 413 g/mol. The maximum Gasteiger partial charge on any atom is 0.377 e. The van der Waals surface area contributed by atoms with E-state index in [9.17, 15) is 33.9 Å². The fourth-order valence-corrected chi connectivity index (χ4v) is 2.95. The van der Waals surface area contributed by atoms with Crippen LogP contribution >= 0.6 is 0 Å². The Balaban J connectivity index is 0.000000263. The van der Waals surface area contributed by atoms with Gasteiger partial charge in [0.25, 0.3) is 0 Å². The molecule has 0 aliphatic heterocycles. The number of sulfone groups is 1. The zero-order valence-corrected chi connectivity index (χ0v) is 14.8. The molecule has 0 aliphatic carbocycles. The molecule has 0 atom stereocenters. The topological polar surface area (TPSA) is 80.3 Å². The smallest absolute Gasteiger partial charge is 0.243 e. The number of nitrogens with one attached hydrogen (secondary N) is 1. The first kappa shape index (κ1) is 22.1. The van der Waals surface area contributed by atoms with Crippen LogP contribution in [-0.2, 0) is 26.8 Å². The zero-order chi connectivity index (χ0) is 19.8. The quantitative estimate of drug-likeness (QED) is 0.583. The van der Waals surface area contributed by atoms with Crippen LogP contribution in [0, 0.1) is 0 Å². The van der Waals surface area contributed by atoms with E-state index in [-0.39, 0.29) is 6.54 Å². The van der Waals surface area contributed by atoms with Crippen molar-refractivity contribution in [3.63, 3.8) is 0 Å². The molecule has 0 spiro atoms. The summed E-state index contributed by atoms with van der Waals surface area (Å²) in [5, 5.41) is -4.35. The maximum atomic E-state index is 12.7. The van der Waals surface area contributed by atoms with Gasteiger partial charge >= 0.3 is 15.7 Å². The van der Waals surface area contributed by atoms with Crippen molar-refractivity contribution in [2.24, 2.45) is 0 Å². The van der Waals surface area contributed by atoms with Crippen LogP contribution in [-0.4, -0.2) is 28.8 Å². The van der Waals surface area contributed by atoms with Crippen LogP contribution in [0.1, 0.15) is 5.56 Å². The van der Waals surface area contributed by atoms with Gasteiger partial charge in [0.15, 0.2) is 6.67 Å². The molecule has 11 heteroatoms. The van der Waals surface area contributed by atoms with E-state index in [1.807, 2.05) is 0 Å². The van der Waals surface area contributed by atoms with Crippen molar-refractivity contribution in [1.29, 1.82) is 0 Å². The summed E-state index contributed by atoms with van der Waals surface area (Å²) in [7, 11) is -9.47. The van der Waals surface area contributed by atoms with E-state index < -0.39 is 37.1 Å². The second-order valence-corrected chi connectivity index (χ2v) is 8.07. The molecule has 0 unspecified atom stereocenters. The first-order valence-corrected chi connectivity index (χ1v) is 9.83. The van der Waals surface area contributed by atoms with Crippen molar-refractivity contribution >= 4 is 20.2 Å². The van der Waals surface area contributed by atoms with Crippen LogP contribution in [0.2, 0.25) is 0 Å². The third-order valence-corrected chi connectivity index (χ3v) is 5.17. The second kappa shape index (κ2) is 9.10. The minimum absolute atomic E-state index is 0.0142. The Kier molecular flexibility index (Phi) is 7.72. The molecule has 0 radical (unpaired) electrons. The summed E-state index contributed by atoms with van der Waals surface area (Å²) in [5.41, 5.74) is 0.721. The maximum absolute atomic E-state index is 12.7. The largest absolute Gasteiger partial charge is 0.377 e. The van der Waals surface area contributed by atoms with Gasteiger partial charge in [-0.1, -0.05) is 52.4 Å². The fourth-order valence-electron chi connectivity index (χ4n) is 1.61. The first-order valence-electron chi connectivity index (χ1n) is 6.96. The number of rotatable bonds is 6. The molecule has 5 nitrogen and oxygen atoms in total. The molecule has 144 valence electrons. The van der Waals surface area contributed by atoms with Gasteiger partial charge in [-0.3, -0.25) is 0 Å². The summed E-state index contributed by atoms with van der Waals surface area (Å²) >= 11 is 0. The number of benzene rings is 2. The van der Waals surface area contributed by atoms with Gasteiger partial charge in [-0.2, -0.15) is 21.9 Å². The molecule has 0 amide bonds. The Bertz CT molecular complexity index is 890. The minimum Gasteiger partial charge on any atom is -0.243 e. The highest BCUT2D eigenvalue weighted by Gasteiger charge is 2.46. The molecule has 0 bridgehead atoms. The van der Waals surface area contributed by atoms with Gasteiger partial charge in [-0.15, -0.1) is 0 Å². The molecule has 2 rings (SSSR count). The Labute approximate surface area is 148 Å². The molecule has 0 aliphatic rings. The standard InChI is InChI=1S/C8H7F3O2S.C7H8FNO2S/c9-6-8(10,11)14(12,13)7-4-2-1-3-5-7;8-12(10,11)9-6-7-4-2-1-3-5-7/h1-5H,6H2;1-5,9H,6H2. The van der Waals surface area contributed by atoms with E-state index in [0.29, 0.717) is 0 Å². The average Bonchev–Trinajstić information content (AvgIpc) is 2.61. The lowest BCUT2D eigenvalue weighted by molar-refractivity contribution is 0.0620. The third-order valence-electron chi connectivity index (χ3n) is 2.89. The fraction of sp³-hybridized carbons (Fsp3) is 0.200. The van der Waals surface area contributed by atoms with Crippen LogP contribution in [0.5, 0.6) is 0 Å². The third kappa shape index (κ3) is 6.73. The van der Waals surface area contributed by atoms with E-state index in [1.54, 1.807) is 35.1 Å². The number of hydrogen-bond acceptors (Lipinski definition) is 4. The minimum atomic E-state index is -4.90. The molecular formula is C15H15F4NO4S2. The van der Waals surface area contributed by atoms with Gasteiger partial charge in [0.2, 0.25) is 9.84 Å². The normalized spacial score (nSPS) is 12.2. The van der Waals surface area contributed by atoms with Gasteiger partial charge in [-0.05, 0) is 17.7 Å². The lowest BCUT2D eigenvalue weighted by Crippen LogP contribution is -2.31. The highest BCUT2D eigenvalue weighted by molar-refractivity contribution is 7.92. The Hall–Kier alpha value is -1.98. The summed E-state index contributed by atoms with van der Waals surface area (Å²) in [6, 6.07) is 14.8. The Morgan fingerprint density at radius 3 is 1.73 bits per heavy atom. The summed E-state index contributed by atoms with van der Waals surface area (Å²) in [4.78, 5) is -0.581. The van der Waals surface area contributed by atoms with Crippen molar-refractivity contribution in [3.8, 4) is 0 Å². The van der Waals surface area contributed by atoms with Crippen LogP contribution in [0.3, 0.4) is 0 Å². The molecule has 0 aromatic heterocycles. The van der Waals surface area contributed by atoms with Crippen molar-refractivity contribution in [2.45, 2.75) is 16.7 Å². The van der Waals surface area contributed by atoms with Gasteiger partial charge in [0.1, 0.15) is 0 Å². The monoisotopic (exact) mass is 413 g/mol. The van der Waals surface area contributed by atoms with Gasteiger partial charge < -0.3 is 0 Å². The first-order chi connectivity index (χ1) is 12.0. The molecule has 2 aromatic carbocycles. The van der Waals surface area contributed by atoms with E-state index in [4.69, 9.17) is 0 Å². The van der Waals surface area contributed by atoms with E-state index in [1.165, 1.54) is 18.2 Å². The van der Waals surface area contributed by atoms with Gasteiger partial charge in [-0.25, -0.2) is 12.8 Å². The Morgan fingerprint density at radius 2 is 1.31 bits per heavy atom. The zero-order valence-electron chi connectivity index (χ0n) is 13.1. The summed E-state index contributed by atoms with van der Waals surface area (Å²) in [6.45, 7) is -2.23. The Morgan fingerprint density at radius 1 is 0.846 bits per heavy atom. The molecule has 2 aromatic rings. The molecule has 0 heterocycles. The van der Waals surface area contributed by atoms with Crippen LogP contribution in [0.15, 0.2) is 65.6 Å². The summed E-state index contributed by atoms with van der Waals surface area (Å²) in [6.07, 6.45) is 0. The van der Waals surface area contributed by atoms with Gasteiger partial charge in [0.05, 0.1) is 4.90 Å². The highest BCUT2D eigenvalue weighted by Crippen LogP contribution is 2.28. The van der Waals surface area contributed by atoms with Gasteiger partial charge in [0, 0.05) is 6.54 Å². The van der Waals surface area contributed by atoms with Crippen LogP contribution in [0.4, 0.5) is 17.1 Å². The molecule has 0 fully saturated rings. The molecule has 0 saturated heterocycles. The van der Waals surface area contributed by atoms with Crippen LogP contribution in [0.25, 0.3) is 0 Å². The lowest BCUT2D eigenvalue weighted by Gasteiger charge is -2.12. The van der Waals surface area contributed by atoms with Crippen molar-refractivity contribution in [1.82, 2.24) is 4.72 Å². The molecule has 1 N–H and O–H groups in total. The van der Waals surface area contributed by atoms with Crippen molar-refractivity contribution in [2.75, 3.05) is 6.67 Å². The van der Waals surface area contributed by atoms with Crippen molar-refractivity contribution in [3.05, 3.63) is 66.2 Å². The predicted octanol–water partition coefficient (Wildman–Crippen LogP) is 3.01. The number of halogens is 4. The molecule has 0 saturated carbocycles. The van der Waals surface area contributed by atoms with E-state index in [0.717, 1.165) is 17.7 Å². The highest BCUT2D eigenvalue weighted by atomic mass is 32.3. The van der Waals surface area contributed by atoms with E-state index >= 15 is 0 Å². The summed E-state index contributed by atoms with van der Waals surface area (Å²) in [5.74, 6) is 0. The number of alkyl halides is 3. The molecule has 26 heavy (non-hydrogen) atoms. The number of hydrogen-bond donors (Lipinski definition) is 1. The van der Waals surface area contributed by atoms with Crippen molar-refractivity contribution < 1.29 is 33.9 Å². The van der Waals surface area contributed by atoms with E-state index in [2.05, 4.69) is 0 Å².